The zero-order valence-corrected chi connectivity index (χ0v) is 18.0. The van der Waals surface area contributed by atoms with Gasteiger partial charge in [-0.2, -0.15) is 5.26 Å². The Bertz CT molecular complexity index is 1350. The summed E-state index contributed by atoms with van der Waals surface area (Å²) >= 11 is 0. The summed E-state index contributed by atoms with van der Waals surface area (Å²) in [5.41, 5.74) is 6.94. The van der Waals surface area contributed by atoms with Gasteiger partial charge < -0.3 is 9.72 Å². The van der Waals surface area contributed by atoms with Crippen LogP contribution in [-0.2, 0) is 13.1 Å². The quantitative estimate of drug-likeness (QED) is 0.511. The Balaban J connectivity index is 1.25. The van der Waals surface area contributed by atoms with Crippen molar-refractivity contribution in [3.8, 4) is 6.07 Å². The second kappa shape index (κ2) is 7.93. The molecule has 0 bridgehead atoms. The first-order chi connectivity index (χ1) is 15.5. The fraction of sp³-hybridized carbons (Fsp3) is 0.292. The SMILES string of the molecule is Cc1cc(C#N)cc(C)c1CNC(=O)c1cn(Cc2cn3cc(C4CC4)ccc3n2)nn1. The Morgan fingerprint density at radius 1 is 1.19 bits per heavy atom. The summed E-state index contributed by atoms with van der Waals surface area (Å²) in [7, 11) is 0. The topological polar surface area (TPSA) is 101 Å². The summed E-state index contributed by atoms with van der Waals surface area (Å²) in [6.45, 7) is 4.68. The zero-order valence-electron chi connectivity index (χ0n) is 18.0. The number of nitrogens with one attached hydrogen (secondary N) is 1. The predicted molar refractivity (Wildman–Crippen MR) is 118 cm³/mol. The molecule has 1 aromatic carbocycles. The van der Waals surface area contributed by atoms with E-state index in [-0.39, 0.29) is 11.6 Å². The fourth-order valence-corrected chi connectivity index (χ4v) is 4.04. The van der Waals surface area contributed by atoms with Crippen LogP contribution in [0.1, 0.15) is 62.8 Å². The molecule has 0 atom stereocenters. The number of aromatic nitrogens is 5. The molecule has 3 aromatic heterocycles. The lowest BCUT2D eigenvalue weighted by atomic mass is 9.99. The third-order valence-electron chi connectivity index (χ3n) is 5.92. The molecule has 32 heavy (non-hydrogen) atoms. The van der Waals surface area contributed by atoms with Gasteiger partial charge in [-0.05, 0) is 73.1 Å². The van der Waals surface area contributed by atoms with Crippen LogP contribution < -0.4 is 5.32 Å². The first kappa shape index (κ1) is 19.9. The molecule has 5 rings (SSSR count). The number of imidazole rings is 1. The molecule has 8 heteroatoms. The summed E-state index contributed by atoms with van der Waals surface area (Å²) in [6.07, 6.45) is 8.31. The summed E-state index contributed by atoms with van der Waals surface area (Å²) in [4.78, 5) is 17.2. The van der Waals surface area contributed by atoms with Crippen LogP contribution in [-0.4, -0.2) is 30.3 Å². The second-order valence-electron chi connectivity index (χ2n) is 8.42. The monoisotopic (exact) mass is 425 g/mol. The average Bonchev–Trinajstić information content (AvgIpc) is 3.39. The summed E-state index contributed by atoms with van der Waals surface area (Å²) in [5, 5.41) is 20.1. The Labute approximate surface area is 185 Å². The molecular formula is C24H23N7O. The molecule has 1 amide bonds. The number of nitriles is 1. The largest absolute Gasteiger partial charge is 0.346 e. The lowest BCUT2D eigenvalue weighted by Crippen LogP contribution is -2.24. The number of aryl methyl sites for hydroxylation is 2. The number of carbonyl (C=O) groups is 1. The number of fused-ring (bicyclic) bond motifs is 1. The van der Waals surface area contributed by atoms with Crippen molar-refractivity contribution in [1.29, 1.82) is 5.26 Å². The minimum atomic E-state index is -0.288. The number of hydrogen-bond acceptors (Lipinski definition) is 5. The van der Waals surface area contributed by atoms with Crippen molar-refractivity contribution in [2.24, 2.45) is 0 Å². The molecule has 1 fully saturated rings. The molecule has 3 heterocycles. The molecule has 1 N–H and O–H groups in total. The van der Waals surface area contributed by atoms with E-state index in [2.05, 4.69) is 43.3 Å². The van der Waals surface area contributed by atoms with Gasteiger partial charge in [-0.25, -0.2) is 9.67 Å². The van der Waals surface area contributed by atoms with E-state index >= 15 is 0 Å². The van der Waals surface area contributed by atoms with Gasteiger partial charge in [0.25, 0.3) is 5.91 Å². The van der Waals surface area contributed by atoms with Crippen molar-refractivity contribution < 1.29 is 4.79 Å². The van der Waals surface area contributed by atoms with E-state index in [1.165, 1.54) is 18.4 Å². The maximum absolute atomic E-state index is 12.6. The fourth-order valence-electron chi connectivity index (χ4n) is 4.04. The summed E-state index contributed by atoms with van der Waals surface area (Å²) in [5.74, 6) is 0.405. The van der Waals surface area contributed by atoms with Crippen LogP contribution in [0.4, 0.5) is 0 Å². The second-order valence-corrected chi connectivity index (χ2v) is 8.42. The van der Waals surface area contributed by atoms with Gasteiger partial charge in [-0.1, -0.05) is 11.3 Å². The van der Waals surface area contributed by atoms with E-state index in [0.29, 0.717) is 24.6 Å². The highest BCUT2D eigenvalue weighted by Gasteiger charge is 2.23. The molecule has 0 spiro atoms. The number of rotatable bonds is 6. The minimum Gasteiger partial charge on any atom is -0.346 e. The first-order valence-electron chi connectivity index (χ1n) is 10.7. The van der Waals surface area contributed by atoms with Crippen LogP contribution >= 0.6 is 0 Å². The molecule has 0 aliphatic heterocycles. The number of benzene rings is 1. The summed E-state index contributed by atoms with van der Waals surface area (Å²) in [6, 6.07) is 10.0. The van der Waals surface area contributed by atoms with Crippen molar-refractivity contribution >= 4 is 11.6 Å². The van der Waals surface area contributed by atoms with Crippen LogP contribution in [0.5, 0.6) is 0 Å². The van der Waals surface area contributed by atoms with Crippen molar-refractivity contribution in [3.63, 3.8) is 0 Å². The minimum absolute atomic E-state index is 0.258. The number of amides is 1. The van der Waals surface area contributed by atoms with Crippen LogP contribution in [0, 0.1) is 25.2 Å². The molecule has 0 radical (unpaired) electrons. The molecule has 0 unspecified atom stereocenters. The lowest BCUT2D eigenvalue weighted by molar-refractivity contribution is 0.0945. The summed E-state index contributed by atoms with van der Waals surface area (Å²) < 4.78 is 3.67. The van der Waals surface area contributed by atoms with E-state index < -0.39 is 0 Å². The van der Waals surface area contributed by atoms with Crippen molar-refractivity contribution in [2.45, 2.75) is 45.7 Å². The molecule has 8 nitrogen and oxygen atoms in total. The van der Waals surface area contributed by atoms with E-state index in [9.17, 15) is 4.79 Å². The maximum Gasteiger partial charge on any atom is 0.273 e. The van der Waals surface area contributed by atoms with E-state index in [4.69, 9.17) is 5.26 Å². The van der Waals surface area contributed by atoms with Crippen LogP contribution in [0.2, 0.25) is 0 Å². The van der Waals surface area contributed by atoms with Gasteiger partial charge >= 0.3 is 0 Å². The van der Waals surface area contributed by atoms with E-state index in [0.717, 1.165) is 28.0 Å². The standard InChI is InChI=1S/C24H23N7O/c1-15-7-17(9-25)8-16(2)21(15)10-26-24(32)22-14-31(29-28-22)13-20-12-30-11-19(18-3-4-18)5-6-23(30)27-20/h5-8,11-12,14,18H,3-4,10,13H2,1-2H3,(H,26,32). The third-order valence-corrected chi connectivity index (χ3v) is 5.92. The smallest absolute Gasteiger partial charge is 0.273 e. The van der Waals surface area contributed by atoms with Crippen LogP contribution in [0.3, 0.4) is 0 Å². The van der Waals surface area contributed by atoms with Crippen molar-refractivity contribution in [1.82, 2.24) is 29.7 Å². The molecule has 1 saturated carbocycles. The third kappa shape index (κ3) is 3.97. The molecule has 1 aliphatic rings. The van der Waals surface area contributed by atoms with Gasteiger partial charge in [0.05, 0.1) is 30.1 Å². The van der Waals surface area contributed by atoms with Crippen LogP contribution in [0.15, 0.2) is 42.9 Å². The van der Waals surface area contributed by atoms with Gasteiger partial charge in [0.1, 0.15) is 5.65 Å². The van der Waals surface area contributed by atoms with Crippen molar-refractivity contribution in [3.05, 3.63) is 82.1 Å². The van der Waals surface area contributed by atoms with Crippen LogP contribution in [0.25, 0.3) is 5.65 Å². The number of nitrogens with zero attached hydrogens (tertiary/aromatic N) is 6. The Morgan fingerprint density at radius 3 is 2.69 bits per heavy atom. The normalized spacial score (nSPS) is 13.3. The highest BCUT2D eigenvalue weighted by molar-refractivity contribution is 5.91. The average molecular weight is 425 g/mol. The highest BCUT2D eigenvalue weighted by Crippen LogP contribution is 2.39. The number of carbonyl (C=O) groups excluding carboxylic acids is 1. The Hall–Kier alpha value is -3.99. The van der Waals surface area contributed by atoms with Gasteiger partial charge in [-0.3, -0.25) is 4.79 Å². The van der Waals surface area contributed by atoms with Gasteiger partial charge in [0.15, 0.2) is 5.69 Å². The first-order valence-corrected chi connectivity index (χ1v) is 10.7. The number of pyridine rings is 1. The lowest BCUT2D eigenvalue weighted by Gasteiger charge is -2.11. The molecule has 0 saturated heterocycles. The Kier molecular flexibility index (Phi) is 4.94. The van der Waals surface area contributed by atoms with Gasteiger partial charge in [0, 0.05) is 18.9 Å². The Morgan fingerprint density at radius 2 is 1.97 bits per heavy atom. The van der Waals surface area contributed by atoms with Crippen molar-refractivity contribution in [2.75, 3.05) is 0 Å². The highest BCUT2D eigenvalue weighted by atomic mass is 16.2. The maximum atomic E-state index is 12.6. The van der Waals surface area contributed by atoms with Gasteiger partial charge in [0.2, 0.25) is 0 Å². The molecule has 4 aromatic rings. The number of hydrogen-bond donors (Lipinski definition) is 1. The molecule has 1 aliphatic carbocycles. The van der Waals surface area contributed by atoms with Gasteiger partial charge in [-0.15, -0.1) is 5.10 Å². The molecular weight excluding hydrogens is 402 g/mol. The predicted octanol–water partition coefficient (Wildman–Crippen LogP) is 3.27. The van der Waals surface area contributed by atoms with E-state index in [1.54, 1.807) is 10.9 Å². The molecule has 160 valence electrons. The van der Waals surface area contributed by atoms with E-state index in [1.807, 2.05) is 38.2 Å². The zero-order chi connectivity index (χ0) is 22.2.